The maximum absolute atomic E-state index is 5.69. The molecule has 1 atom stereocenters. The van der Waals surface area contributed by atoms with Crippen molar-refractivity contribution in [2.24, 2.45) is 5.92 Å². The van der Waals surface area contributed by atoms with Gasteiger partial charge in [-0.2, -0.15) is 0 Å². The van der Waals surface area contributed by atoms with Crippen molar-refractivity contribution in [1.29, 1.82) is 0 Å². The highest BCUT2D eigenvalue weighted by Gasteiger charge is 2.05. The van der Waals surface area contributed by atoms with E-state index in [0.717, 1.165) is 25.4 Å². The third-order valence-corrected chi connectivity index (χ3v) is 3.23. The molecule has 1 unspecified atom stereocenters. The molecule has 0 spiro atoms. The molecule has 1 aromatic carbocycles. The molecule has 0 amide bonds. The van der Waals surface area contributed by atoms with Crippen LogP contribution >= 0.6 is 0 Å². The molecule has 0 aliphatic rings. The van der Waals surface area contributed by atoms with E-state index in [1.165, 1.54) is 5.56 Å². The Kier molecular flexibility index (Phi) is 5.75. The van der Waals surface area contributed by atoms with E-state index < -0.39 is 0 Å². The fourth-order valence-corrected chi connectivity index (χ4v) is 1.98. The van der Waals surface area contributed by atoms with Crippen LogP contribution in [0, 0.1) is 5.92 Å². The van der Waals surface area contributed by atoms with Gasteiger partial charge in [0.1, 0.15) is 5.75 Å². The van der Waals surface area contributed by atoms with Gasteiger partial charge in [-0.05, 0) is 30.5 Å². The summed E-state index contributed by atoms with van der Waals surface area (Å²) in [6, 6.07) is 8.60. The number of benzene rings is 1. The molecule has 0 aliphatic heterocycles. The van der Waals surface area contributed by atoms with Crippen molar-refractivity contribution in [2.45, 2.75) is 33.4 Å². The summed E-state index contributed by atoms with van der Waals surface area (Å²) in [5.74, 6) is 1.48. The Balaban J connectivity index is 1.77. The Hall–Kier alpha value is -1.88. The molecule has 0 saturated carbocycles. The van der Waals surface area contributed by atoms with E-state index in [4.69, 9.17) is 4.74 Å². The molecule has 2 aromatic rings. The summed E-state index contributed by atoms with van der Waals surface area (Å²) in [6.07, 6.45) is 3.56. The second-order valence-corrected chi connectivity index (χ2v) is 5.62. The molecule has 114 valence electrons. The molecule has 1 aromatic heterocycles. The second-order valence-electron chi connectivity index (χ2n) is 5.62. The van der Waals surface area contributed by atoms with E-state index in [9.17, 15) is 0 Å². The zero-order chi connectivity index (χ0) is 15.1. The first-order valence-electron chi connectivity index (χ1n) is 7.45. The minimum Gasteiger partial charge on any atom is -0.493 e. The van der Waals surface area contributed by atoms with E-state index in [-0.39, 0.29) is 0 Å². The Morgan fingerprint density at radius 2 is 1.95 bits per heavy atom. The van der Waals surface area contributed by atoms with E-state index in [1.54, 1.807) is 6.20 Å². The van der Waals surface area contributed by atoms with Gasteiger partial charge in [-0.25, -0.2) is 0 Å². The van der Waals surface area contributed by atoms with Crippen molar-refractivity contribution < 1.29 is 4.74 Å². The predicted octanol–water partition coefficient (Wildman–Crippen LogP) is 2.66. The van der Waals surface area contributed by atoms with Crippen LogP contribution in [-0.4, -0.2) is 28.1 Å². The summed E-state index contributed by atoms with van der Waals surface area (Å²) < 4.78 is 7.52. The zero-order valence-electron chi connectivity index (χ0n) is 13.0. The minimum absolute atomic E-state index is 0.299. The molecule has 0 fully saturated rings. The van der Waals surface area contributed by atoms with E-state index in [2.05, 4.69) is 48.5 Å². The van der Waals surface area contributed by atoms with Crippen LogP contribution in [-0.2, 0) is 6.54 Å². The monoisotopic (exact) mass is 288 g/mol. The van der Waals surface area contributed by atoms with Crippen LogP contribution < -0.4 is 10.1 Å². The van der Waals surface area contributed by atoms with Crippen molar-refractivity contribution in [3.63, 3.8) is 0 Å². The Morgan fingerprint density at radius 3 is 2.57 bits per heavy atom. The number of nitrogens with zero attached hydrogens (tertiary/aromatic N) is 3. The van der Waals surface area contributed by atoms with Crippen LogP contribution in [0.5, 0.6) is 5.75 Å². The third kappa shape index (κ3) is 5.19. The standard InChI is InChI=1S/C16H24N4O/c1-13(2)12-21-16-6-4-15(5-7-16)14(3)17-8-10-20-11-9-18-19-20/h4-7,9,11,13-14,17H,8,10,12H2,1-3H3. The highest BCUT2D eigenvalue weighted by atomic mass is 16.5. The number of nitrogens with one attached hydrogen (secondary N) is 1. The van der Waals surface area contributed by atoms with Gasteiger partial charge in [0.15, 0.2) is 0 Å². The summed E-state index contributed by atoms with van der Waals surface area (Å²) in [6.45, 7) is 8.89. The van der Waals surface area contributed by atoms with Gasteiger partial charge in [-0.15, -0.1) is 5.10 Å². The van der Waals surface area contributed by atoms with E-state index >= 15 is 0 Å². The minimum atomic E-state index is 0.299. The van der Waals surface area contributed by atoms with Gasteiger partial charge in [-0.1, -0.05) is 31.2 Å². The number of rotatable bonds is 8. The molecule has 0 saturated heterocycles. The maximum atomic E-state index is 5.69. The van der Waals surface area contributed by atoms with Crippen LogP contribution in [0.2, 0.25) is 0 Å². The SMILES string of the molecule is CC(C)COc1ccc(C(C)NCCn2ccnn2)cc1. The molecule has 5 nitrogen and oxygen atoms in total. The molecular formula is C16H24N4O. The molecule has 2 rings (SSSR count). The average molecular weight is 288 g/mol. The Labute approximate surface area is 126 Å². The lowest BCUT2D eigenvalue weighted by Gasteiger charge is -2.15. The molecule has 0 aliphatic carbocycles. The number of aromatic nitrogens is 3. The topological polar surface area (TPSA) is 52.0 Å². The summed E-state index contributed by atoms with van der Waals surface area (Å²) in [4.78, 5) is 0. The fourth-order valence-electron chi connectivity index (χ4n) is 1.98. The maximum Gasteiger partial charge on any atom is 0.119 e. The molecule has 21 heavy (non-hydrogen) atoms. The van der Waals surface area contributed by atoms with Gasteiger partial charge in [-0.3, -0.25) is 4.68 Å². The van der Waals surface area contributed by atoms with Gasteiger partial charge in [0, 0.05) is 18.8 Å². The lowest BCUT2D eigenvalue weighted by atomic mass is 10.1. The van der Waals surface area contributed by atoms with Gasteiger partial charge in [0.05, 0.1) is 19.3 Å². The molecular weight excluding hydrogens is 264 g/mol. The summed E-state index contributed by atoms with van der Waals surface area (Å²) in [7, 11) is 0. The van der Waals surface area contributed by atoms with Crippen molar-refractivity contribution in [2.75, 3.05) is 13.2 Å². The van der Waals surface area contributed by atoms with E-state index in [0.29, 0.717) is 12.0 Å². The van der Waals surface area contributed by atoms with Gasteiger partial charge >= 0.3 is 0 Å². The Bertz CT molecular complexity index is 508. The smallest absolute Gasteiger partial charge is 0.119 e. The van der Waals surface area contributed by atoms with E-state index in [1.807, 2.05) is 23.0 Å². The highest BCUT2D eigenvalue weighted by Crippen LogP contribution is 2.18. The van der Waals surface area contributed by atoms with Gasteiger partial charge in [0.2, 0.25) is 0 Å². The first kappa shape index (κ1) is 15.5. The zero-order valence-corrected chi connectivity index (χ0v) is 13.0. The van der Waals surface area contributed by atoms with Gasteiger partial charge in [0.25, 0.3) is 0 Å². The number of ether oxygens (including phenoxy) is 1. The number of hydrogen-bond acceptors (Lipinski definition) is 4. The molecule has 1 N–H and O–H groups in total. The Morgan fingerprint density at radius 1 is 1.19 bits per heavy atom. The summed E-state index contributed by atoms with van der Waals surface area (Å²) in [5, 5.41) is 11.2. The first-order valence-corrected chi connectivity index (χ1v) is 7.45. The van der Waals surface area contributed by atoms with Crippen LogP contribution in [0.15, 0.2) is 36.7 Å². The lowest BCUT2D eigenvalue weighted by molar-refractivity contribution is 0.271. The molecule has 0 bridgehead atoms. The van der Waals surface area contributed by atoms with Crippen molar-refractivity contribution in [3.8, 4) is 5.75 Å². The molecule has 1 heterocycles. The van der Waals surface area contributed by atoms with Crippen LogP contribution in [0.3, 0.4) is 0 Å². The highest BCUT2D eigenvalue weighted by molar-refractivity contribution is 5.28. The van der Waals surface area contributed by atoms with Crippen LogP contribution in [0.1, 0.15) is 32.4 Å². The van der Waals surface area contributed by atoms with Crippen LogP contribution in [0.25, 0.3) is 0 Å². The predicted molar refractivity (Wildman–Crippen MR) is 83.2 cm³/mol. The normalized spacial score (nSPS) is 12.6. The van der Waals surface area contributed by atoms with Gasteiger partial charge < -0.3 is 10.1 Å². The summed E-state index contributed by atoms with van der Waals surface area (Å²) >= 11 is 0. The number of hydrogen-bond donors (Lipinski definition) is 1. The first-order chi connectivity index (χ1) is 10.1. The third-order valence-electron chi connectivity index (χ3n) is 3.23. The average Bonchev–Trinajstić information content (AvgIpc) is 2.99. The fraction of sp³-hybridized carbons (Fsp3) is 0.500. The van der Waals surface area contributed by atoms with Crippen molar-refractivity contribution in [1.82, 2.24) is 20.3 Å². The lowest BCUT2D eigenvalue weighted by Crippen LogP contribution is -2.23. The second kappa shape index (κ2) is 7.78. The summed E-state index contributed by atoms with van der Waals surface area (Å²) in [5.41, 5.74) is 1.26. The molecule has 0 radical (unpaired) electrons. The van der Waals surface area contributed by atoms with Crippen molar-refractivity contribution in [3.05, 3.63) is 42.2 Å². The van der Waals surface area contributed by atoms with Crippen LogP contribution in [0.4, 0.5) is 0 Å². The quantitative estimate of drug-likeness (QED) is 0.811. The largest absolute Gasteiger partial charge is 0.493 e. The van der Waals surface area contributed by atoms with Crippen molar-refractivity contribution >= 4 is 0 Å². The molecule has 5 heteroatoms.